The summed E-state index contributed by atoms with van der Waals surface area (Å²) in [7, 11) is 0. The first-order valence-corrected chi connectivity index (χ1v) is 18.3. The Morgan fingerprint density at radius 1 is 0.264 bits per heavy atom. The fourth-order valence-corrected chi connectivity index (χ4v) is 8.65. The lowest BCUT2D eigenvalue weighted by Gasteiger charge is -2.18. The van der Waals surface area contributed by atoms with E-state index in [1.165, 1.54) is 82.2 Å². The number of para-hydroxylation sites is 1. The van der Waals surface area contributed by atoms with Crippen LogP contribution < -0.4 is 0 Å². The Balaban J connectivity index is 1.06. The summed E-state index contributed by atoms with van der Waals surface area (Å²) >= 11 is 0. The maximum absolute atomic E-state index is 6.40. The van der Waals surface area contributed by atoms with Gasteiger partial charge in [0.05, 0.1) is 0 Å². The molecular formula is C52H32O. The summed E-state index contributed by atoms with van der Waals surface area (Å²) in [4.78, 5) is 0. The maximum Gasteiger partial charge on any atom is 0.143 e. The first-order valence-electron chi connectivity index (χ1n) is 18.3. The van der Waals surface area contributed by atoms with Crippen LogP contribution in [0.5, 0.6) is 0 Å². The molecule has 10 aromatic carbocycles. The van der Waals surface area contributed by atoms with Gasteiger partial charge in [0.15, 0.2) is 0 Å². The summed E-state index contributed by atoms with van der Waals surface area (Å²) in [5.74, 6) is 0. The van der Waals surface area contributed by atoms with Crippen LogP contribution in [0.15, 0.2) is 199 Å². The van der Waals surface area contributed by atoms with Gasteiger partial charge in [-0.25, -0.2) is 0 Å². The van der Waals surface area contributed by atoms with Gasteiger partial charge >= 0.3 is 0 Å². The number of furan rings is 1. The van der Waals surface area contributed by atoms with Crippen LogP contribution in [0.1, 0.15) is 0 Å². The lowest BCUT2D eigenvalue weighted by molar-refractivity contribution is 0.672. The molecule has 0 atom stereocenters. The van der Waals surface area contributed by atoms with Gasteiger partial charge in [-0.05, 0) is 94.3 Å². The first-order chi connectivity index (χ1) is 26.3. The fraction of sp³-hybridized carbons (Fsp3) is 0. The van der Waals surface area contributed by atoms with Crippen LogP contribution in [0.25, 0.3) is 110 Å². The summed E-state index contributed by atoms with van der Waals surface area (Å²) in [5, 5.41) is 12.2. The Morgan fingerprint density at radius 3 is 1.30 bits per heavy atom. The highest BCUT2D eigenvalue weighted by molar-refractivity contribution is 6.22. The van der Waals surface area contributed by atoms with Crippen LogP contribution in [-0.4, -0.2) is 0 Å². The molecule has 246 valence electrons. The summed E-state index contributed by atoms with van der Waals surface area (Å²) in [6.45, 7) is 0. The molecular weight excluding hydrogens is 641 g/mol. The van der Waals surface area contributed by atoms with E-state index in [-0.39, 0.29) is 0 Å². The van der Waals surface area contributed by atoms with Crippen molar-refractivity contribution in [3.05, 3.63) is 194 Å². The predicted molar refractivity (Wildman–Crippen MR) is 225 cm³/mol. The summed E-state index contributed by atoms with van der Waals surface area (Å²) in [6, 6.07) is 70.5. The zero-order valence-electron chi connectivity index (χ0n) is 28.9. The molecule has 0 aliphatic rings. The van der Waals surface area contributed by atoms with E-state index in [9.17, 15) is 0 Å². The molecule has 1 aromatic heterocycles. The van der Waals surface area contributed by atoms with Gasteiger partial charge < -0.3 is 4.42 Å². The van der Waals surface area contributed by atoms with Crippen molar-refractivity contribution in [2.45, 2.75) is 0 Å². The molecule has 0 N–H and O–H groups in total. The van der Waals surface area contributed by atoms with Crippen LogP contribution in [0.3, 0.4) is 0 Å². The van der Waals surface area contributed by atoms with E-state index in [1.54, 1.807) is 0 Å². The molecule has 0 aliphatic heterocycles. The number of hydrogen-bond acceptors (Lipinski definition) is 1. The molecule has 1 nitrogen and oxygen atoms in total. The minimum atomic E-state index is 0.920. The summed E-state index contributed by atoms with van der Waals surface area (Å²) < 4.78 is 6.40. The fourth-order valence-electron chi connectivity index (χ4n) is 8.65. The molecule has 53 heavy (non-hydrogen) atoms. The van der Waals surface area contributed by atoms with Gasteiger partial charge in [0.25, 0.3) is 0 Å². The van der Waals surface area contributed by atoms with E-state index in [1.807, 2.05) is 6.07 Å². The second-order valence-electron chi connectivity index (χ2n) is 14.0. The second-order valence-corrected chi connectivity index (χ2v) is 14.0. The smallest absolute Gasteiger partial charge is 0.143 e. The summed E-state index contributed by atoms with van der Waals surface area (Å²) in [5.41, 5.74) is 11.7. The lowest BCUT2D eigenvalue weighted by atomic mass is 9.85. The zero-order chi connectivity index (χ0) is 34.9. The van der Waals surface area contributed by atoms with Gasteiger partial charge in [0.1, 0.15) is 11.2 Å². The Bertz CT molecular complexity index is 3140. The SMILES string of the molecule is c1ccc2c(-c3ccc(-c4c5ccccc5c(-c5ccc(-c6cc7c8ccccc8oc7c7ccccc67)cc5)c5ccccc45)cc3)cccc2c1. The van der Waals surface area contributed by atoms with Crippen LogP contribution in [-0.2, 0) is 0 Å². The minimum Gasteiger partial charge on any atom is -0.455 e. The first kappa shape index (κ1) is 29.7. The molecule has 11 aromatic rings. The van der Waals surface area contributed by atoms with Gasteiger partial charge in [0, 0.05) is 16.2 Å². The normalized spacial score (nSPS) is 11.8. The molecule has 0 spiro atoms. The molecule has 0 bridgehead atoms. The highest BCUT2D eigenvalue weighted by atomic mass is 16.3. The van der Waals surface area contributed by atoms with Crippen molar-refractivity contribution in [3.8, 4) is 44.5 Å². The third kappa shape index (κ3) is 4.64. The van der Waals surface area contributed by atoms with E-state index in [0.717, 1.165) is 27.3 Å². The monoisotopic (exact) mass is 672 g/mol. The molecule has 1 heteroatoms. The van der Waals surface area contributed by atoms with Crippen LogP contribution in [0, 0.1) is 0 Å². The van der Waals surface area contributed by atoms with Crippen molar-refractivity contribution < 1.29 is 4.42 Å². The molecule has 0 radical (unpaired) electrons. The standard InChI is InChI=1S/C52H32O/c1-2-14-38-33(12-1)13-11-22-39(38)34-24-28-36(29-25-34)50-42-17-4-6-19-44(42)51(45-20-7-5-18-43(45)50)37-30-26-35(27-31-37)47-32-48-41-16-9-10-23-49(41)53-52(48)46-21-8-3-15-40(46)47/h1-32H. The molecule has 0 saturated heterocycles. The van der Waals surface area contributed by atoms with E-state index < -0.39 is 0 Å². The Labute approximate surface area is 307 Å². The number of hydrogen-bond donors (Lipinski definition) is 0. The van der Waals surface area contributed by atoms with Crippen molar-refractivity contribution in [1.29, 1.82) is 0 Å². The number of benzene rings is 10. The molecule has 0 aliphatic carbocycles. The van der Waals surface area contributed by atoms with Crippen molar-refractivity contribution in [2.75, 3.05) is 0 Å². The molecule has 1 heterocycles. The third-order valence-corrected chi connectivity index (χ3v) is 11.1. The predicted octanol–water partition coefficient (Wildman–Crippen LogP) is 14.9. The van der Waals surface area contributed by atoms with Crippen LogP contribution in [0.4, 0.5) is 0 Å². The number of fused-ring (bicyclic) bond motifs is 8. The van der Waals surface area contributed by atoms with Gasteiger partial charge in [-0.2, -0.15) is 0 Å². The molecule has 0 saturated carbocycles. The van der Waals surface area contributed by atoms with Crippen LogP contribution in [0.2, 0.25) is 0 Å². The topological polar surface area (TPSA) is 13.1 Å². The van der Waals surface area contributed by atoms with Gasteiger partial charge in [-0.1, -0.05) is 182 Å². The van der Waals surface area contributed by atoms with Crippen molar-refractivity contribution >= 4 is 65.0 Å². The minimum absolute atomic E-state index is 0.920. The highest BCUT2D eigenvalue weighted by Crippen LogP contribution is 2.45. The summed E-state index contributed by atoms with van der Waals surface area (Å²) in [6.07, 6.45) is 0. The number of rotatable bonds is 4. The molecule has 0 fully saturated rings. The molecule has 0 amide bonds. The van der Waals surface area contributed by atoms with Gasteiger partial charge in [-0.15, -0.1) is 0 Å². The van der Waals surface area contributed by atoms with Crippen molar-refractivity contribution in [1.82, 2.24) is 0 Å². The van der Waals surface area contributed by atoms with Crippen LogP contribution >= 0.6 is 0 Å². The molecule has 11 rings (SSSR count). The van der Waals surface area contributed by atoms with E-state index in [4.69, 9.17) is 4.42 Å². The third-order valence-electron chi connectivity index (χ3n) is 11.1. The zero-order valence-corrected chi connectivity index (χ0v) is 28.9. The van der Waals surface area contributed by atoms with Gasteiger partial charge in [0.2, 0.25) is 0 Å². The molecule has 0 unspecified atom stereocenters. The quantitative estimate of drug-likeness (QED) is 0.170. The average molecular weight is 673 g/mol. The highest BCUT2D eigenvalue weighted by Gasteiger charge is 2.18. The maximum atomic E-state index is 6.40. The van der Waals surface area contributed by atoms with E-state index >= 15 is 0 Å². The Kier molecular flexibility index (Phi) is 6.62. The van der Waals surface area contributed by atoms with Crippen molar-refractivity contribution in [2.24, 2.45) is 0 Å². The lowest BCUT2D eigenvalue weighted by Crippen LogP contribution is -1.91. The Hall–Kier alpha value is -6.96. The van der Waals surface area contributed by atoms with Crippen molar-refractivity contribution in [3.63, 3.8) is 0 Å². The average Bonchev–Trinajstić information content (AvgIpc) is 3.61. The largest absolute Gasteiger partial charge is 0.455 e. The van der Waals surface area contributed by atoms with E-state index in [0.29, 0.717) is 0 Å². The Morgan fingerprint density at radius 2 is 0.698 bits per heavy atom. The second kappa shape index (κ2) is 11.8. The van der Waals surface area contributed by atoms with E-state index in [2.05, 4.69) is 188 Å². The van der Waals surface area contributed by atoms with Gasteiger partial charge in [-0.3, -0.25) is 0 Å².